The van der Waals surface area contributed by atoms with Crippen LogP contribution < -0.4 is 10.6 Å². The summed E-state index contributed by atoms with van der Waals surface area (Å²) in [5.74, 6) is -1.36. The van der Waals surface area contributed by atoms with E-state index in [0.717, 1.165) is 16.8 Å². The third-order valence-electron chi connectivity index (χ3n) is 5.50. The van der Waals surface area contributed by atoms with Crippen LogP contribution in [-0.4, -0.2) is 34.3 Å². The number of benzene rings is 3. The van der Waals surface area contributed by atoms with Gasteiger partial charge >= 0.3 is 6.18 Å². The molecule has 0 saturated carbocycles. The lowest BCUT2D eigenvalue weighted by atomic mass is 10.1. The normalized spacial score (nSPS) is 11.2. The van der Waals surface area contributed by atoms with Crippen LogP contribution in [0, 0.1) is 13.8 Å². The molecular weight excluding hydrogens is 469 g/mol. The minimum absolute atomic E-state index is 0.00113. The Kier molecular flexibility index (Phi) is 6.91. The summed E-state index contributed by atoms with van der Waals surface area (Å²) in [6, 6.07) is 21.2. The van der Waals surface area contributed by atoms with Crippen molar-refractivity contribution in [2.75, 3.05) is 11.9 Å². The summed E-state index contributed by atoms with van der Waals surface area (Å²) in [5, 5.41) is 9.26. The monoisotopic (exact) mass is 492 g/mol. The van der Waals surface area contributed by atoms with Gasteiger partial charge in [0.1, 0.15) is 12.2 Å². The second-order valence-electron chi connectivity index (χ2n) is 8.32. The molecule has 0 aliphatic heterocycles. The van der Waals surface area contributed by atoms with Crippen LogP contribution in [0.2, 0.25) is 0 Å². The molecule has 0 aliphatic carbocycles. The minimum Gasteiger partial charge on any atom is -0.343 e. The molecule has 9 heteroatoms. The van der Waals surface area contributed by atoms with Crippen molar-refractivity contribution in [2.45, 2.75) is 20.0 Å². The first-order valence-corrected chi connectivity index (χ1v) is 11.1. The van der Waals surface area contributed by atoms with Gasteiger partial charge in [-0.2, -0.15) is 18.3 Å². The van der Waals surface area contributed by atoms with Gasteiger partial charge in [0.05, 0.1) is 11.3 Å². The third-order valence-corrected chi connectivity index (χ3v) is 5.50. The zero-order chi connectivity index (χ0) is 25.9. The Morgan fingerprint density at radius 3 is 2.28 bits per heavy atom. The summed E-state index contributed by atoms with van der Waals surface area (Å²) in [7, 11) is 0. The molecule has 4 rings (SSSR count). The van der Waals surface area contributed by atoms with E-state index in [2.05, 4.69) is 10.4 Å². The second kappa shape index (κ2) is 10.1. The molecule has 2 amide bonds. The van der Waals surface area contributed by atoms with Gasteiger partial charge in [0.15, 0.2) is 0 Å². The maximum atomic E-state index is 13.4. The van der Waals surface area contributed by atoms with Gasteiger partial charge in [0.25, 0.3) is 11.8 Å². The maximum absolute atomic E-state index is 13.4. The molecule has 6 nitrogen and oxygen atoms in total. The number of nitrogens with one attached hydrogen (secondary N) is 2. The zero-order valence-corrected chi connectivity index (χ0v) is 19.6. The first-order chi connectivity index (χ1) is 17.1. The molecule has 0 unspecified atom stereocenters. The van der Waals surface area contributed by atoms with E-state index in [1.54, 1.807) is 23.9 Å². The van der Waals surface area contributed by atoms with Gasteiger partial charge in [-0.15, -0.1) is 0 Å². The fraction of sp³-hybridized carbons (Fsp3) is 0.148. The van der Waals surface area contributed by atoms with E-state index in [0.29, 0.717) is 22.5 Å². The van der Waals surface area contributed by atoms with Crippen LogP contribution in [-0.2, 0) is 0 Å². The van der Waals surface area contributed by atoms with E-state index in [4.69, 9.17) is 0 Å². The Bertz CT molecular complexity index is 1400. The summed E-state index contributed by atoms with van der Waals surface area (Å²) >= 11 is 0. The quantitative estimate of drug-likeness (QED) is 0.363. The number of hydrogen-bond acceptors (Lipinski definition) is 3. The van der Waals surface area contributed by atoms with Gasteiger partial charge in [0, 0.05) is 23.0 Å². The second-order valence-corrected chi connectivity index (χ2v) is 8.32. The van der Waals surface area contributed by atoms with Gasteiger partial charge in [-0.05, 0) is 43.7 Å². The van der Waals surface area contributed by atoms with Crippen LogP contribution in [0.5, 0.6) is 0 Å². The predicted molar refractivity (Wildman–Crippen MR) is 131 cm³/mol. The van der Waals surface area contributed by atoms with Gasteiger partial charge in [-0.1, -0.05) is 54.1 Å². The lowest BCUT2D eigenvalue weighted by Gasteiger charge is -2.12. The lowest BCUT2D eigenvalue weighted by Crippen LogP contribution is -2.33. The fourth-order valence-corrected chi connectivity index (χ4v) is 3.55. The lowest BCUT2D eigenvalue weighted by molar-refractivity contribution is -0.123. The number of rotatable bonds is 6. The number of carbonyl (C=O) groups excluding carboxylic acids is 2. The summed E-state index contributed by atoms with van der Waals surface area (Å²) in [4.78, 5) is 25.6. The number of hydrogen-bond donors (Lipinski definition) is 2. The maximum Gasteiger partial charge on any atom is 0.405 e. The highest BCUT2D eigenvalue weighted by Crippen LogP contribution is 2.26. The number of amides is 2. The van der Waals surface area contributed by atoms with Crippen molar-refractivity contribution in [3.63, 3.8) is 0 Å². The van der Waals surface area contributed by atoms with Crippen molar-refractivity contribution >= 4 is 17.5 Å². The van der Waals surface area contributed by atoms with Crippen molar-refractivity contribution in [2.24, 2.45) is 0 Å². The van der Waals surface area contributed by atoms with E-state index < -0.39 is 24.5 Å². The van der Waals surface area contributed by atoms with Crippen LogP contribution >= 0.6 is 0 Å². The van der Waals surface area contributed by atoms with E-state index in [1.807, 2.05) is 66.8 Å². The van der Waals surface area contributed by atoms with Crippen molar-refractivity contribution < 1.29 is 22.8 Å². The first kappa shape index (κ1) is 24.7. The number of nitrogens with zero attached hydrogens (tertiary/aromatic N) is 2. The molecule has 0 bridgehead atoms. The molecule has 0 radical (unpaired) electrons. The fourth-order valence-electron chi connectivity index (χ4n) is 3.55. The van der Waals surface area contributed by atoms with Gasteiger partial charge in [-0.3, -0.25) is 9.59 Å². The first-order valence-electron chi connectivity index (χ1n) is 11.1. The standard InChI is InChI=1S/C27H23F3N4O2/c1-17-8-12-21(13-9-17)34-15-22(24(33-34)19-6-4-3-5-7-19)26(36)32-23-14-20(11-10-18(23)2)25(35)31-16-27(28,29)30/h3-15H,16H2,1-2H3,(H,31,35)(H,32,36). The van der Waals surface area contributed by atoms with E-state index in [9.17, 15) is 22.8 Å². The van der Waals surface area contributed by atoms with E-state index in [-0.39, 0.29) is 5.56 Å². The van der Waals surface area contributed by atoms with Crippen LogP contribution in [0.3, 0.4) is 0 Å². The molecule has 0 spiro atoms. The highest BCUT2D eigenvalue weighted by molar-refractivity contribution is 6.09. The zero-order valence-electron chi connectivity index (χ0n) is 19.6. The van der Waals surface area contributed by atoms with E-state index >= 15 is 0 Å². The summed E-state index contributed by atoms with van der Waals surface area (Å²) in [5.41, 5.74) is 4.31. The van der Waals surface area contributed by atoms with Crippen molar-refractivity contribution in [1.29, 1.82) is 0 Å². The molecule has 3 aromatic carbocycles. The molecular formula is C27H23F3N4O2. The van der Waals surface area contributed by atoms with Crippen molar-refractivity contribution in [3.05, 3.63) is 101 Å². The molecule has 0 saturated heterocycles. The van der Waals surface area contributed by atoms with Crippen LogP contribution in [0.1, 0.15) is 31.8 Å². The van der Waals surface area contributed by atoms with Crippen LogP contribution in [0.4, 0.5) is 18.9 Å². The Morgan fingerprint density at radius 1 is 0.917 bits per heavy atom. The average Bonchev–Trinajstić information content (AvgIpc) is 3.30. The Hall–Kier alpha value is -4.40. The highest BCUT2D eigenvalue weighted by Gasteiger charge is 2.28. The number of carbonyl (C=O) groups is 2. The summed E-state index contributed by atoms with van der Waals surface area (Å²) in [6.07, 6.45) is -2.90. The molecule has 36 heavy (non-hydrogen) atoms. The number of halogens is 3. The Balaban J connectivity index is 1.65. The van der Waals surface area contributed by atoms with Crippen molar-refractivity contribution in [3.8, 4) is 16.9 Å². The average molecular weight is 493 g/mol. The number of anilines is 1. The number of aromatic nitrogens is 2. The Morgan fingerprint density at radius 2 is 1.61 bits per heavy atom. The molecule has 4 aromatic rings. The van der Waals surface area contributed by atoms with Crippen LogP contribution in [0.15, 0.2) is 79.0 Å². The molecule has 2 N–H and O–H groups in total. The number of alkyl halides is 3. The molecule has 1 aromatic heterocycles. The van der Waals surface area contributed by atoms with Gasteiger partial charge < -0.3 is 10.6 Å². The molecule has 184 valence electrons. The summed E-state index contributed by atoms with van der Waals surface area (Å²) < 4.78 is 39.0. The molecule has 1 heterocycles. The van der Waals surface area contributed by atoms with Crippen LogP contribution in [0.25, 0.3) is 16.9 Å². The topological polar surface area (TPSA) is 76.0 Å². The molecule has 0 fully saturated rings. The third kappa shape index (κ3) is 5.80. The molecule has 0 aliphatic rings. The Labute approximate surface area is 205 Å². The highest BCUT2D eigenvalue weighted by atomic mass is 19.4. The predicted octanol–water partition coefficient (Wildman–Crippen LogP) is 5.70. The minimum atomic E-state index is -4.52. The molecule has 0 atom stereocenters. The van der Waals surface area contributed by atoms with Crippen molar-refractivity contribution in [1.82, 2.24) is 15.1 Å². The van der Waals surface area contributed by atoms with Gasteiger partial charge in [-0.25, -0.2) is 4.68 Å². The number of aryl methyl sites for hydroxylation is 2. The largest absolute Gasteiger partial charge is 0.405 e. The summed E-state index contributed by atoms with van der Waals surface area (Å²) in [6.45, 7) is 2.25. The van der Waals surface area contributed by atoms with Gasteiger partial charge in [0.2, 0.25) is 0 Å². The SMILES string of the molecule is Cc1ccc(-n2cc(C(=O)Nc3cc(C(=O)NCC(F)(F)F)ccc3C)c(-c3ccccc3)n2)cc1. The smallest absolute Gasteiger partial charge is 0.343 e. The van der Waals surface area contributed by atoms with E-state index in [1.165, 1.54) is 12.1 Å².